The van der Waals surface area contributed by atoms with Gasteiger partial charge in [0.25, 0.3) is 0 Å². The zero-order valence-electron chi connectivity index (χ0n) is 13.4. The molecule has 0 amide bonds. The first-order valence-corrected chi connectivity index (χ1v) is 8.11. The van der Waals surface area contributed by atoms with Crippen LogP contribution in [0.1, 0.15) is 24.1 Å². The third-order valence-corrected chi connectivity index (χ3v) is 4.30. The standard InChI is InChI=1S/C19H22N2O2/c1-2-23-19(22)17-14-21(12-15-8-4-3-5-9-15)13-16(17)18-10-6-7-11-20-18/h3-11,16-17H,2,12-14H2,1H3/t16-,17-/m0/s1. The summed E-state index contributed by atoms with van der Waals surface area (Å²) in [5, 5.41) is 0. The Hall–Kier alpha value is -2.20. The second-order valence-corrected chi connectivity index (χ2v) is 5.90. The lowest BCUT2D eigenvalue weighted by Crippen LogP contribution is -2.25. The number of ether oxygens (including phenoxy) is 1. The average molecular weight is 310 g/mol. The van der Waals surface area contributed by atoms with Gasteiger partial charge in [-0.3, -0.25) is 14.7 Å². The molecule has 120 valence electrons. The molecular formula is C19H22N2O2. The molecule has 0 saturated carbocycles. The van der Waals surface area contributed by atoms with Crippen LogP contribution >= 0.6 is 0 Å². The summed E-state index contributed by atoms with van der Waals surface area (Å²) in [6, 6.07) is 16.2. The highest BCUT2D eigenvalue weighted by Crippen LogP contribution is 2.33. The van der Waals surface area contributed by atoms with Crippen molar-refractivity contribution in [1.29, 1.82) is 0 Å². The lowest BCUT2D eigenvalue weighted by Gasteiger charge is -2.16. The molecule has 0 N–H and O–H groups in total. The Morgan fingerprint density at radius 2 is 1.96 bits per heavy atom. The molecule has 2 heterocycles. The summed E-state index contributed by atoms with van der Waals surface area (Å²) >= 11 is 0. The highest BCUT2D eigenvalue weighted by atomic mass is 16.5. The van der Waals surface area contributed by atoms with Gasteiger partial charge in [-0.2, -0.15) is 0 Å². The topological polar surface area (TPSA) is 42.4 Å². The fourth-order valence-electron chi connectivity index (χ4n) is 3.24. The first kappa shape index (κ1) is 15.7. The van der Waals surface area contributed by atoms with Crippen molar-refractivity contribution in [2.24, 2.45) is 5.92 Å². The smallest absolute Gasteiger partial charge is 0.310 e. The Labute approximate surface area is 137 Å². The summed E-state index contributed by atoms with van der Waals surface area (Å²) in [6.45, 7) is 4.66. The van der Waals surface area contributed by atoms with Crippen molar-refractivity contribution >= 4 is 5.97 Å². The first-order chi connectivity index (χ1) is 11.3. The number of rotatable bonds is 5. The minimum atomic E-state index is -0.145. The van der Waals surface area contributed by atoms with E-state index in [1.165, 1.54) is 5.56 Å². The van der Waals surface area contributed by atoms with Gasteiger partial charge in [0, 0.05) is 37.4 Å². The van der Waals surface area contributed by atoms with Crippen LogP contribution in [0.3, 0.4) is 0 Å². The number of hydrogen-bond acceptors (Lipinski definition) is 4. The molecule has 1 aromatic carbocycles. The lowest BCUT2D eigenvalue weighted by atomic mass is 9.92. The number of likely N-dealkylation sites (tertiary alicyclic amines) is 1. The highest BCUT2D eigenvalue weighted by Gasteiger charge is 2.39. The van der Waals surface area contributed by atoms with Crippen LogP contribution in [0.2, 0.25) is 0 Å². The van der Waals surface area contributed by atoms with Crippen LogP contribution < -0.4 is 0 Å². The molecule has 2 atom stereocenters. The SMILES string of the molecule is CCOC(=O)[C@H]1CN(Cc2ccccc2)C[C@@H]1c1ccccn1. The molecule has 23 heavy (non-hydrogen) atoms. The van der Waals surface area contributed by atoms with E-state index in [4.69, 9.17) is 4.74 Å². The number of pyridine rings is 1. The normalized spacial score (nSPS) is 21.3. The molecule has 1 aliphatic heterocycles. The maximum Gasteiger partial charge on any atom is 0.310 e. The maximum atomic E-state index is 12.4. The van der Waals surface area contributed by atoms with Crippen molar-refractivity contribution in [2.75, 3.05) is 19.7 Å². The Morgan fingerprint density at radius 3 is 2.65 bits per heavy atom. The second-order valence-electron chi connectivity index (χ2n) is 5.90. The van der Waals surface area contributed by atoms with Crippen LogP contribution in [-0.4, -0.2) is 35.5 Å². The van der Waals surface area contributed by atoms with Gasteiger partial charge in [0.2, 0.25) is 0 Å². The molecule has 3 rings (SSSR count). The fourth-order valence-corrected chi connectivity index (χ4v) is 3.24. The van der Waals surface area contributed by atoms with Crippen molar-refractivity contribution < 1.29 is 9.53 Å². The van der Waals surface area contributed by atoms with Crippen molar-refractivity contribution in [3.05, 3.63) is 66.0 Å². The van der Waals surface area contributed by atoms with Crippen LogP contribution in [-0.2, 0) is 16.1 Å². The van der Waals surface area contributed by atoms with E-state index < -0.39 is 0 Å². The largest absolute Gasteiger partial charge is 0.466 e. The van der Waals surface area contributed by atoms with Crippen LogP contribution in [0.4, 0.5) is 0 Å². The summed E-state index contributed by atoms with van der Waals surface area (Å²) in [7, 11) is 0. The Balaban J connectivity index is 1.77. The third kappa shape index (κ3) is 3.77. The predicted octanol–water partition coefficient (Wildman–Crippen LogP) is 2.86. The Kier molecular flexibility index (Phi) is 5.03. The zero-order chi connectivity index (χ0) is 16.1. The Morgan fingerprint density at radius 1 is 1.17 bits per heavy atom. The number of hydrogen-bond donors (Lipinski definition) is 0. The molecule has 0 radical (unpaired) electrons. The van der Waals surface area contributed by atoms with Crippen molar-refractivity contribution in [2.45, 2.75) is 19.4 Å². The summed E-state index contributed by atoms with van der Waals surface area (Å²) < 4.78 is 5.28. The number of aromatic nitrogens is 1. The van der Waals surface area contributed by atoms with Gasteiger partial charge in [0.15, 0.2) is 0 Å². The van der Waals surface area contributed by atoms with E-state index >= 15 is 0 Å². The van der Waals surface area contributed by atoms with Crippen molar-refractivity contribution in [1.82, 2.24) is 9.88 Å². The molecule has 4 heteroatoms. The molecule has 0 unspecified atom stereocenters. The first-order valence-electron chi connectivity index (χ1n) is 8.11. The van der Waals surface area contributed by atoms with Gasteiger partial charge in [-0.15, -0.1) is 0 Å². The van der Waals surface area contributed by atoms with E-state index in [0.717, 1.165) is 25.3 Å². The number of carbonyl (C=O) groups excluding carboxylic acids is 1. The minimum Gasteiger partial charge on any atom is -0.466 e. The number of benzene rings is 1. The van der Waals surface area contributed by atoms with Gasteiger partial charge in [0.05, 0.1) is 12.5 Å². The molecule has 4 nitrogen and oxygen atoms in total. The minimum absolute atomic E-state index is 0.0963. The number of carbonyl (C=O) groups is 1. The average Bonchev–Trinajstić information content (AvgIpc) is 3.01. The van der Waals surface area contributed by atoms with E-state index in [2.05, 4.69) is 22.0 Å². The molecule has 1 fully saturated rings. The van der Waals surface area contributed by atoms with Crippen molar-refractivity contribution in [3.63, 3.8) is 0 Å². The van der Waals surface area contributed by atoms with E-state index in [9.17, 15) is 4.79 Å². The van der Waals surface area contributed by atoms with Crippen molar-refractivity contribution in [3.8, 4) is 0 Å². The molecule has 0 aliphatic carbocycles. The molecule has 0 spiro atoms. The second kappa shape index (κ2) is 7.38. The summed E-state index contributed by atoms with van der Waals surface area (Å²) in [5.41, 5.74) is 2.23. The van der Waals surface area contributed by atoms with Gasteiger partial charge in [-0.05, 0) is 24.6 Å². The van der Waals surface area contributed by atoms with Gasteiger partial charge in [0.1, 0.15) is 0 Å². The molecular weight excluding hydrogens is 288 g/mol. The van der Waals surface area contributed by atoms with Gasteiger partial charge in [-0.25, -0.2) is 0 Å². The van der Waals surface area contributed by atoms with E-state index in [-0.39, 0.29) is 17.8 Å². The fraction of sp³-hybridized carbons (Fsp3) is 0.368. The van der Waals surface area contributed by atoms with E-state index in [0.29, 0.717) is 6.61 Å². The van der Waals surface area contributed by atoms with Gasteiger partial charge >= 0.3 is 5.97 Å². The van der Waals surface area contributed by atoms with Crippen LogP contribution in [0, 0.1) is 5.92 Å². The zero-order valence-corrected chi connectivity index (χ0v) is 13.4. The van der Waals surface area contributed by atoms with Gasteiger partial charge < -0.3 is 4.74 Å². The highest BCUT2D eigenvalue weighted by molar-refractivity contribution is 5.74. The molecule has 1 aliphatic rings. The van der Waals surface area contributed by atoms with E-state index in [1.807, 2.05) is 43.3 Å². The lowest BCUT2D eigenvalue weighted by molar-refractivity contribution is -0.148. The molecule has 2 aromatic rings. The van der Waals surface area contributed by atoms with Gasteiger partial charge in [-0.1, -0.05) is 36.4 Å². The number of nitrogens with zero attached hydrogens (tertiary/aromatic N) is 2. The maximum absolute atomic E-state index is 12.4. The molecule has 1 aromatic heterocycles. The Bertz CT molecular complexity index is 630. The van der Waals surface area contributed by atoms with Crippen LogP contribution in [0.5, 0.6) is 0 Å². The molecule has 1 saturated heterocycles. The van der Waals surface area contributed by atoms with Crippen LogP contribution in [0.15, 0.2) is 54.7 Å². The van der Waals surface area contributed by atoms with Crippen LogP contribution in [0.25, 0.3) is 0 Å². The molecule has 0 bridgehead atoms. The summed E-state index contributed by atoms with van der Waals surface area (Å²) in [4.78, 5) is 19.1. The summed E-state index contributed by atoms with van der Waals surface area (Å²) in [6.07, 6.45) is 1.79. The monoisotopic (exact) mass is 310 g/mol. The summed E-state index contributed by atoms with van der Waals surface area (Å²) in [5.74, 6) is -0.161. The quantitative estimate of drug-likeness (QED) is 0.797. The third-order valence-electron chi connectivity index (χ3n) is 4.30. The van der Waals surface area contributed by atoms with E-state index in [1.54, 1.807) is 6.20 Å². The predicted molar refractivity (Wildman–Crippen MR) is 88.8 cm³/mol. The number of esters is 1.